The van der Waals surface area contributed by atoms with Crippen molar-refractivity contribution in [3.63, 3.8) is 0 Å². The van der Waals surface area contributed by atoms with Gasteiger partial charge in [-0.1, -0.05) is 12.1 Å². The van der Waals surface area contributed by atoms with Gasteiger partial charge in [-0.25, -0.2) is 8.42 Å². The highest BCUT2D eigenvalue weighted by atomic mass is 35.5. The monoisotopic (exact) mass is 318 g/mol. The number of hydrogen-bond acceptors (Lipinski definition) is 4. The Morgan fingerprint density at radius 3 is 2.65 bits per heavy atom. The highest BCUT2D eigenvalue weighted by molar-refractivity contribution is 7.92. The molecule has 1 heterocycles. The number of benzene rings is 1. The number of rotatable bonds is 6. The molecule has 0 atom stereocenters. The molecule has 0 spiro atoms. The molecule has 1 fully saturated rings. The van der Waals surface area contributed by atoms with E-state index in [1.807, 2.05) is 18.2 Å². The van der Waals surface area contributed by atoms with E-state index >= 15 is 0 Å². The average molecular weight is 319 g/mol. The van der Waals surface area contributed by atoms with Crippen LogP contribution in [0.3, 0.4) is 0 Å². The standard InChI is InChI=1S/C13H19ClN2O3S/c14-6-3-11-20(17,18)15-12-4-1-2-5-13(12)16-7-9-19-10-8-16/h1-2,4-5,15H,3,6-11H2. The van der Waals surface area contributed by atoms with Crippen LogP contribution in [0.4, 0.5) is 11.4 Å². The number of morpholine rings is 1. The lowest BCUT2D eigenvalue weighted by atomic mass is 10.2. The molecule has 7 heteroatoms. The summed E-state index contributed by atoms with van der Waals surface area (Å²) in [5.41, 5.74) is 1.51. The van der Waals surface area contributed by atoms with E-state index in [1.165, 1.54) is 0 Å². The summed E-state index contributed by atoms with van der Waals surface area (Å²) in [5.74, 6) is 0.375. The van der Waals surface area contributed by atoms with Crippen LogP contribution in [0.25, 0.3) is 0 Å². The van der Waals surface area contributed by atoms with Crippen molar-refractivity contribution in [1.29, 1.82) is 0 Å². The number of hydrogen-bond donors (Lipinski definition) is 1. The highest BCUT2D eigenvalue weighted by Crippen LogP contribution is 2.27. The maximum absolute atomic E-state index is 12.0. The minimum absolute atomic E-state index is 0.0357. The molecule has 0 bridgehead atoms. The van der Waals surface area contributed by atoms with Crippen molar-refractivity contribution < 1.29 is 13.2 Å². The molecule has 0 saturated carbocycles. The van der Waals surface area contributed by atoms with Gasteiger partial charge in [-0.3, -0.25) is 4.72 Å². The van der Waals surface area contributed by atoms with Gasteiger partial charge in [0.1, 0.15) is 0 Å². The maximum Gasteiger partial charge on any atom is 0.232 e. The number of halogens is 1. The minimum atomic E-state index is -3.35. The van der Waals surface area contributed by atoms with Gasteiger partial charge in [-0.05, 0) is 18.6 Å². The molecule has 1 aromatic rings. The summed E-state index contributed by atoms with van der Waals surface area (Å²) in [6, 6.07) is 7.43. The fraction of sp³-hybridized carbons (Fsp3) is 0.538. The molecule has 1 aromatic carbocycles. The Kier molecular flexibility index (Phi) is 5.51. The second-order valence-electron chi connectivity index (χ2n) is 4.58. The van der Waals surface area contributed by atoms with E-state index in [1.54, 1.807) is 6.07 Å². The number of sulfonamides is 1. The third-order valence-corrected chi connectivity index (χ3v) is 4.69. The van der Waals surface area contributed by atoms with E-state index < -0.39 is 10.0 Å². The lowest BCUT2D eigenvalue weighted by molar-refractivity contribution is 0.123. The molecule has 0 amide bonds. The summed E-state index contributed by atoms with van der Waals surface area (Å²) < 4.78 is 31.9. The molecular formula is C13H19ClN2O3S. The van der Waals surface area contributed by atoms with E-state index in [9.17, 15) is 8.42 Å². The van der Waals surface area contributed by atoms with Crippen LogP contribution < -0.4 is 9.62 Å². The van der Waals surface area contributed by atoms with Gasteiger partial charge in [-0.15, -0.1) is 11.6 Å². The first-order chi connectivity index (χ1) is 9.62. The summed E-state index contributed by atoms with van der Waals surface area (Å²) in [7, 11) is -3.35. The quantitative estimate of drug-likeness (QED) is 0.814. The molecule has 0 unspecified atom stereocenters. The Hall–Kier alpha value is -0.980. The molecule has 20 heavy (non-hydrogen) atoms. The minimum Gasteiger partial charge on any atom is -0.378 e. The largest absolute Gasteiger partial charge is 0.378 e. The van der Waals surface area contributed by atoms with Gasteiger partial charge in [0, 0.05) is 19.0 Å². The van der Waals surface area contributed by atoms with Crippen LogP contribution in [0.2, 0.25) is 0 Å². The third kappa shape index (κ3) is 4.26. The predicted octanol–water partition coefficient (Wildman–Crippen LogP) is 1.89. The highest BCUT2D eigenvalue weighted by Gasteiger charge is 2.17. The normalized spacial score (nSPS) is 16.1. The fourth-order valence-corrected chi connectivity index (χ4v) is 3.53. The van der Waals surface area contributed by atoms with Crippen LogP contribution in [0.1, 0.15) is 6.42 Å². The van der Waals surface area contributed by atoms with Gasteiger partial charge >= 0.3 is 0 Å². The van der Waals surface area contributed by atoms with E-state index in [4.69, 9.17) is 16.3 Å². The molecule has 0 aromatic heterocycles. The van der Waals surface area contributed by atoms with Crippen LogP contribution >= 0.6 is 11.6 Å². The first-order valence-electron chi connectivity index (χ1n) is 6.60. The number of anilines is 2. The van der Waals surface area contributed by atoms with Crippen LogP contribution in [-0.2, 0) is 14.8 Å². The molecule has 2 rings (SSSR count). The molecule has 5 nitrogen and oxygen atoms in total. The number of alkyl halides is 1. The number of nitrogens with one attached hydrogen (secondary N) is 1. The van der Waals surface area contributed by atoms with Crippen molar-refractivity contribution in [3.05, 3.63) is 24.3 Å². The Morgan fingerprint density at radius 1 is 1.25 bits per heavy atom. The zero-order chi connectivity index (χ0) is 14.4. The van der Waals surface area contributed by atoms with Gasteiger partial charge < -0.3 is 9.64 Å². The Labute approximate surface area is 124 Å². The number of ether oxygens (including phenoxy) is 1. The molecular weight excluding hydrogens is 300 g/mol. The molecule has 0 radical (unpaired) electrons. The van der Waals surface area contributed by atoms with Crippen molar-refractivity contribution in [2.24, 2.45) is 0 Å². The number of para-hydroxylation sites is 2. The van der Waals surface area contributed by atoms with Crippen LogP contribution in [0, 0.1) is 0 Å². The molecule has 0 aliphatic carbocycles. The van der Waals surface area contributed by atoms with Crippen molar-refractivity contribution in [1.82, 2.24) is 0 Å². The third-order valence-electron chi connectivity index (χ3n) is 3.07. The Balaban J connectivity index is 2.15. The van der Waals surface area contributed by atoms with E-state index in [0.717, 1.165) is 18.8 Å². The first-order valence-corrected chi connectivity index (χ1v) is 8.79. The lowest BCUT2D eigenvalue weighted by Gasteiger charge is -2.30. The topological polar surface area (TPSA) is 58.6 Å². The molecule has 1 aliphatic rings. The molecule has 1 saturated heterocycles. The Bertz CT molecular complexity index is 530. The van der Waals surface area contributed by atoms with Crippen molar-refractivity contribution in [3.8, 4) is 0 Å². The summed E-state index contributed by atoms with van der Waals surface area (Å²) >= 11 is 5.55. The number of nitrogens with zero attached hydrogens (tertiary/aromatic N) is 1. The predicted molar refractivity (Wildman–Crippen MR) is 82.2 cm³/mol. The van der Waals surface area contributed by atoms with Crippen molar-refractivity contribution in [2.45, 2.75) is 6.42 Å². The molecule has 1 aliphatic heterocycles. The zero-order valence-corrected chi connectivity index (χ0v) is 12.8. The van der Waals surface area contributed by atoms with E-state index in [0.29, 0.717) is 31.2 Å². The van der Waals surface area contributed by atoms with E-state index in [2.05, 4.69) is 9.62 Å². The van der Waals surface area contributed by atoms with E-state index in [-0.39, 0.29) is 5.75 Å². The second kappa shape index (κ2) is 7.15. The van der Waals surface area contributed by atoms with Gasteiger partial charge in [-0.2, -0.15) is 0 Å². The SMILES string of the molecule is O=S(=O)(CCCCl)Nc1ccccc1N1CCOCC1. The average Bonchev–Trinajstić information content (AvgIpc) is 2.46. The van der Waals surface area contributed by atoms with Crippen LogP contribution in [0.15, 0.2) is 24.3 Å². The fourth-order valence-electron chi connectivity index (χ4n) is 2.10. The zero-order valence-electron chi connectivity index (χ0n) is 11.2. The first kappa shape index (κ1) is 15.4. The van der Waals surface area contributed by atoms with Crippen molar-refractivity contribution >= 4 is 33.0 Å². The summed E-state index contributed by atoms with van der Waals surface area (Å²) in [6.07, 6.45) is 0.441. The van der Waals surface area contributed by atoms with Crippen LogP contribution in [-0.4, -0.2) is 46.4 Å². The maximum atomic E-state index is 12.0. The smallest absolute Gasteiger partial charge is 0.232 e. The van der Waals surface area contributed by atoms with Gasteiger partial charge in [0.15, 0.2) is 0 Å². The van der Waals surface area contributed by atoms with Gasteiger partial charge in [0.05, 0.1) is 30.3 Å². The van der Waals surface area contributed by atoms with Crippen LogP contribution in [0.5, 0.6) is 0 Å². The summed E-state index contributed by atoms with van der Waals surface area (Å²) in [5, 5.41) is 0. The van der Waals surface area contributed by atoms with Gasteiger partial charge in [0.2, 0.25) is 10.0 Å². The molecule has 1 N–H and O–H groups in total. The lowest BCUT2D eigenvalue weighted by Crippen LogP contribution is -2.36. The van der Waals surface area contributed by atoms with Crippen molar-refractivity contribution in [2.75, 3.05) is 47.6 Å². The second-order valence-corrected chi connectivity index (χ2v) is 6.80. The van der Waals surface area contributed by atoms with Gasteiger partial charge in [0.25, 0.3) is 0 Å². The molecule has 112 valence electrons. The summed E-state index contributed by atoms with van der Waals surface area (Å²) in [4.78, 5) is 2.13. The summed E-state index contributed by atoms with van der Waals surface area (Å²) in [6.45, 7) is 2.85. The Morgan fingerprint density at radius 2 is 1.95 bits per heavy atom.